The highest BCUT2D eigenvalue weighted by molar-refractivity contribution is 7.98. The Morgan fingerprint density at radius 1 is 1.12 bits per heavy atom. The molecule has 2 N–H and O–H groups in total. The molecular weight excluding hydrogens is 461 g/mol. The third-order valence-corrected chi connectivity index (χ3v) is 6.96. The van der Waals surface area contributed by atoms with Gasteiger partial charge in [-0.15, -0.1) is 11.3 Å². The van der Waals surface area contributed by atoms with Crippen LogP contribution >= 0.6 is 23.1 Å². The third-order valence-electron chi connectivity index (χ3n) is 5.08. The number of rotatable bonds is 6. The van der Waals surface area contributed by atoms with E-state index in [-0.39, 0.29) is 23.7 Å². The SMILES string of the molecule is NC(=O)Cn1c(CSc2ncnc3scc(-c4ccc(F)cc4)c23)nc2ccccc2c1=O. The standard InChI is InChI=1S/C23H16FN5O2S2/c24-14-7-5-13(6-8-14)16-10-32-21-20(16)22(27-12-26-21)33-11-19-28-17-4-2-1-3-15(17)23(31)29(19)9-18(25)30/h1-8,10,12H,9,11H2,(H2,25,30). The number of carbonyl (C=O) groups excluding carboxylic acids is 1. The van der Waals surface area contributed by atoms with Gasteiger partial charge in [-0.1, -0.05) is 36.0 Å². The molecule has 3 heterocycles. The summed E-state index contributed by atoms with van der Waals surface area (Å²) in [5.41, 5.74) is 7.38. The van der Waals surface area contributed by atoms with Crippen LogP contribution in [0.3, 0.4) is 0 Å². The smallest absolute Gasteiger partial charge is 0.261 e. The molecule has 0 radical (unpaired) electrons. The van der Waals surface area contributed by atoms with Gasteiger partial charge in [0.2, 0.25) is 5.91 Å². The van der Waals surface area contributed by atoms with Crippen LogP contribution in [-0.2, 0) is 17.1 Å². The summed E-state index contributed by atoms with van der Waals surface area (Å²) in [7, 11) is 0. The predicted octanol–water partition coefficient (Wildman–Crippen LogP) is 3.98. The number of benzene rings is 2. The summed E-state index contributed by atoms with van der Waals surface area (Å²) in [6.45, 7) is -0.259. The topological polar surface area (TPSA) is 104 Å². The van der Waals surface area contributed by atoms with Crippen LogP contribution in [0.25, 0.3) is 32.2 Å². The third kappa shape index (κ3) is 4.10. The Balaban J connectivity index is 1.57. The lowest BCUT2D eigenvalue weighted by Crippen LogP contribution is -2.31. The van der Waals surface area contributed by atoms with Gasteiger partial charge < -0.3 is 5.73 Å². The number of hydrogen-bond acceptors (Lipinski definition) is 7. The van der Waals surface area contributed by atoms with E-state index in [1.54, 1.807) is 36.4 Å². The van der Waals surface area contributed by atoms with Crippen molar-refractivity contribution in [3.63, 3.8) is 0 Å². The number of halogens is 1. The van der Waals surface area contributed by atoms with Crippen molar-refractivity contribution >= 4 is 50.1 Å². The highest BCUT2D eigenvalue weighted by Crippen LogP contribution is 2.38. The first kappa shape index (κ1) is 21.2. The van der Waals surface area contributed by atoms with Crippen LogP contribution in [0.5, 0.6) is 0 Å². The average molecular weight is 478 g/mol. The number of para-hydroxylation sites is 1. The minimum Gasteiger partial charge on any atom is -0.368 e. The molecule has 164 valence electrons. The Labute approximate surface area is 195 Å². The van der Waals surface area contributed by atoms with E-state index in [4.69, 9.17) is 5.73 Å². The summed E-state index contributed by atoms with van der Waals surface area (Å²) in [5, 5.41) is 3.94. The molecule has 0 aliphatic carbocycles. The maximum atomic E-state index is 13.4. The second-order valence-corrected chi connectivity index (χ2v) is 9.03. The van der Waals surface area contributed by atoms with Crippen molar-refractivity contribution in [3.05, 3.63) is 82.2 Å². The maximum Gasteiger partial charge on any atom is 0.261 e. The van der Waals surface area contributed by atoms with Gasteiger partial charge in [0.25, 0.3) is 5.56 Å². The van der Waals surface area contributed by atoms with Gasteiger partial charge in [-0.3, -0.25) is 14.2 Å². The van der Waals surface area contributed by atoms with Crippen LogP contribution in [0, 0.1) is 5.82 Å². The summed E-state index contributed by atoms with van der Waals surface area (Å²) < 4.78 is 14.7. The van der Waals surface area contributed by atoms with Gasteiger partial charge in [0.15, 0.2) is 0 Å². The number of fused-ring (bicyclic) bond motifs is 2. The quantitative estimate of drug-likeness (QED) is 0.293. The van der Waals surface area contributed by atoms with Crippen molar-refractivity contribution < 1.29 is 9.18 Å². The molecule has 3 aromatic heterocycles. The Morgan fingerprint density at radius 2 is 1.91 bits per heavy atom. The van der Waals surface area contributed by atoms with Crippen LogP contribution in [-0.4, -0.2) is 25.4 Å². The normalized spacial score (nSPS) is 11.3. The number of hydrogen-bond donors (Lipinski definition) is 1. The number of nitrogens with two attached hydrogens (primary N) is 1. The van der Waals surface area contributed by atoms with E-state index in [9.17, 15) is 14.0 Å². The summed E-state index contributed by atoms with van der Waals surface area (Å²) in [6.07, 6.45) is 1.49. The molecule has 10 heteroatoms. The summed E-state index contributed by atoms with van der Waals surface area (Å²) in [6, 6.07) is 13.2. The minimum absolute atomic E-state index is 0.259. The zero-order valence-corrected chi connectivity index (χ0v) is 18.7. The predicted molar refractivity (Wildman–Crippen MR) is 128 cm³/mol. The molecule has 5 rings (SSSR count). The summed E-state index contributed by atoms with van der Waals surface area (Å²) in [4.78, 5) is 38.8. The highest BCUT2D eigenvalue weighted by Gasteiger charge is 2.17. The summed E-state index contributed by atoms with van der Waals surface area (Å²) >= 11 is 2.86. The molecule has 0 saturated carbocycles. The first-order valence-electron chi connectivity index (χ1n) is 9.89. The zero-order chi connectivity index (χ0) is 22.9. The van der Waals surface area contributed by atoms with Crippen LogP contribution < -0.4 is 11.3 Å². The zero-order valence-electron chi connectivity index (χ0n) is 17.1. The van der Waals surface area contributed by atoms with Crippen LogP contribution in [0.2, 0.25) is 0 Å². The second-order valence-electron chi connectivity index (χ2n) is 7.21. The Hall–Kier alpha value is -3.63. The molecule has 0 unspecified atom stereocenters. The molecule has 7 nitrogen and oxygen atoms in total. The van der Waals surface area contributed by atoms with Crippen LogP contribution in [0.1, 0.15) is 5.82 Å². The number of aromatic nitrogens is 4. The largest absolute Gasteiger partial charge is 0.368 e. The molecule has 1 amide bonds. The van der Waals surface area contributed by atoms with E-state index >= 15 is 0 Å². The van der Waals surface area contributed by atoms with Crippen LogP contribution in [0.15, 0.2) is 70.1 Å². The maximum absolute atomic E-state index is 13.4. The average Bonchev–Trinajstić information content (AvgIpc) is 3.25. The van der Waals surface area contributed by atoms with E-state index in [2.05, 4.69) is 15.0 Å². The fourth-order valence-electron chi connectivity index (χ4n) is 3.58. The number of thioether (sulfide) groups is 1. The minimum atomic E-state index is -0.624. The van der Waals surface area contributed by atoms with Crippen molar-refractivity contribution in [2.45, 2.75) is 17.3 Å². The van der Waals surface area contributed by atoms with E-state index in [1.165, 1.54) is 46.1 Å². The number of primary amides is 1. The van der Waals surface area contributed by atoms with Crippen molar-refractivity contribution in [3.8, 4) is 11.1 Å². The fourth-order valence-corrected chi connectivity index (χ4v) is 5.51. The van der Waals surface area contributed by atoms with E-state index < -0.39 is 5.91 Å². The van der Waals surface area contributed by atoms with Gasteiger partial charge in [-0.25, -0.2) is 19.3 Å². The van der Waals surface area contributed by atoms with Crippen LogP contribution in [0.4, 0.5) is 4.39 Å². The highest BCUT2D eigenvalue weighted by atomic mass is 32.2. The Kier molecular flexibility index (Phi) is 5.61. The molecule has 0 aliphatic rings. The second kappa shape index (κ2) is 8.72. The molecule has 5 aromatic rings. The first-order valence-corrected chi connectivity index (χ1v) is 11.8. The lowest BCUT2D eigenvalue weighted by molar-refractivity contribution is -0.118. The monoisotopic (exact) mass is 477 g/mol. The lowest BCUT2D eigenvalue weighted by atomic mass is 10.1. The van der Waals surface area contributed by atoms with Crippen molar-refractivity contribution in [2.24, 2.45) is 5.73 Å². The van der Waals surface area contributed by atoms with E-state index in [0.29, 0.717) is 21.8 Å². The fraction of sp³-hybridized carbons (Fsp3) is 0.0870. The molecule has 0 spiro atoms. The van der Waals surface area contributed by atoms with Gasteiger partial charge in [-0.05, 0) is 29.8 Å². The van der Waals surface area contributed by atoms with Gasteiger partial charge in [0, 0.05) is 10.9 Å². The number of nitrogens with zero attached hydrogens (tertiary/aromatic N) is 4. The summed E-state index contributed by atoms with van der Waals surface area (Å²) in [5.74, 6) is -0.217. The van der Waals surface area contributed by atoms with E-state index in [1.807, 2.05) is 5.38 Å². The molecule has 33 heavy (non-hydrogen) atoms. The van der Waals surface area contributed by atoms with Gasteiger partial charge in [-0.2, -0.15) is 0 Å². The van der Waals surface area contributed by atoms with Crippen molar-refractivity contribution in [1.82, 2.24) is 19.5 Å². The molecule has 0 bridgehead atoms. The number of thiophene rings is 1. The molecular formula is C23H16FN5O2S2. The van der Waals surface area contributed by atoms with Crippen molar-refractivity contribution in [2.75, 3.05) is 0 Å². The van der Waals surface area contributed by atoms with Gasteiger partial charge >= 0.3 is 0 Å². The molecule has 2 aromatic carbocycles. The molecule has 0 fully saturated rings. The first-order chi connectivity index (χ1) is 16.0. The molecule has 0 saturated heterocycles. The molecule has 0 atom stereocenters. The Morgan fingerprint density at radius 3 is 2.70 bits per heavy atom. The number of amides is 1. The van der Waals surface area contributed by atoms with Crippen molar-refractivity contribution in [1.29, 1.82) is 0 Å². The van der Waals surface area contributed by atoms with Gasteiger partial charge in [0.05, 0.1) is 22.0 Å². The Bertz CT molecular complexity index is 1560. The lowest BCUT2D eigenvalue weighted by Gasteiger charge is -2.12. The number of carbonyl (C=O) groups is 1. The molecule has 0 aliphatic heterocycles. The van der Waals surface area contributed by atoms with Gasteiger partial charge in [0.1, 0.15) is 34.4 Å². The van der Waals surface area contributed by atoms with E-state index in [0.717, 1.165) is 21.3 Å².